The second-order valence-corrected chi connectivity index (χ2v) is 6.24. The quantitative estimate of drug-likeness (QED) is 0.232. The molecule has 7 nitrogen and oxygen atoms in total. The van der Waals surface area contributed by atoms with Gasteiger partial charge in [-0.05, 0) is 38.5 Å². The van der Waals surface area contributed by atoms with Gasteiger partial charge in [-0.25, -0.2) is 4.99 Å². The molecule has 1 aromatic heterocycles. The van der Waals surface area contributed by atoms with E-state index in [-0.39, 0.29) is 24.0 Å². The van der Waals surface area contributed by atoms with Crippen molar-refractivity contribution in [1.82, 2.24) is 15.8 Å². The molecule has 0 spiro atoms. The summed E-state index contributed by atoms with van der Waals surface area (Å²) in [6.45, 7) is 9.63. The molecule has 2 heterocycles. The maximum atomic E-state index is 5.78. The highest BCUT2D eigenvalue weighted by atomic mass is 127. The second-order valence-electron chi connectivity index (χ2n) is 6.24. The number of halogens is 1. The Hall–Kier alpha value is -0.870. The highest BCUT2D eigenvalue weighted by molar-refractivity contribution is 14.0. The molecule has 0 radical (unpaired) electrons. The van der Waals surface area contributed by atoms with Crippen molar-refractivity contribution >= 4 is 29.9 Å². The predicted molar refractivity (Wildman–Crippen MR) is 113 cm³/mol. The molecular weight excluding hydrogens is 447 g/mol. The first-order valence-electron chi connectivity index (χ1n) is 9.44. The van der Waals surface area contributed by atoms with E-state index in [2.05, 4.69) is 34.6 Å². The van der Waals surface area contributed by atoms with Gasteiger partial charge in [0.2, 0.25) is 0 Å². The zero-order chi connectivity index (χ0) is 17.7. The first-order valence-corrected chi connectivity index (χ1v) is 9.44. The minimum atomic E-state index is 0. The molecule has 1 saturated heterocycles. The van der Waals surface area contributed by atoms with Crippen LogP contribution < -0.4 is 10.6 Å². The zero-order valence-corrected chi connectivity index (χ0v) is 18.3. The van der Waals surface area contributed by atoms with Crippen LogP contribution in [0.3, 0.4) is 0 Å². The van der Waals surface area contributed by atoms with E-state index in [1.54, 1.807) is 0 Å². The number of guanidine groups is 1. The molecular formula is C18H33IN4O3. The SMILES string of the molecule is CCNC(=NCc1cc(CC)no1)NCCCOCC1CCOCC1.I. The number of rotatable bonds is 10. The maximum Gasteiger partial charge on any atom is 0.191 e. The van der Waals surface area contributed by atoms with E-state index < -0.39 is 0 Å². The van der Waals surface area contributed by atoms with Gasteiger partial charge in [-0.1, -0.05) is 12.1 Å². The largest absolute Gasteiger partial charge is 0.381 e. The molecule has 26 heavy (non-hydrogen) atoms. The average molecular weight is 480 g/mol. The first-order chi connectivity index (χ1) is 12.3. The third-order valence-electron chi connectivity index (χ3n) is 4.16. The van der Waals surface area contributed by atoms with Crippen LogP contribution in [0.1, 0.15) is 44.6 Å². The Balaban J connectivity index is 0.00000338. The fourth-order valence-electron chi connectivity index (χ4n) is 2.64. The summed E-state index contributed by atoms with van der Waals surface area (Å²) in [7, 11) is 0. The number of aromatic nitrogens is 1. The molecule has 0 aliphatic carbocycles. The Bertz CT molecular complexity index is 504. The number of aryl methyl sites for hydroxylation is 1. The van der Waals surface area contributed by atoms with Crippen molar-refractivity contribution in [2.24, 2.45) is 10.9 Å². The van der Waals surface area contributed by atoms with E-state index in [4.69, 9.17) is 14.0 Å². The van der Waals surface area contributed by atoms with Gasteiger partial charge in [0.15, 0.2) is 11.7 Å². The molecule has 150 valence electrons. The average Bonchev–Trinajstić information content (AvgIpc) is 3.11. The number of hydrogen-bond donors (Lipinski definition) is 2. The van der Waals surface area contributed by atoms with Gasteiger partial charge in [-0.15, -0.1) is 24.0 Å². The Labute approximate surface area is 173 Å². The number of nitrogens with zero attached hydrogens (tertiary/aromatic N) is 2. The van der Waals surface area contributed by atoms with Gasteiger partial charge < -0.3 is 24.6 Å². The fourth-order valence-corrected chi connectivity index (χ4v) is 2.64. The van der Waals surface area contributed by atoms with Crippen LogP contribution in [0, 0.1) is 5.92 Å². The molecule has 2 N–H and O–H groups in total. The van der Waals surface area contributed by atoms with Crippen molar-refractivity contribution in [3.63, 3.8) is 0 Å². The van der Waals surface area contributed by atoms with E-state index in [1.165, 1.54) is 0 Å². The molecule has 0 bridgehead atoms. The van der Waals surface area contributed by atoms with Crippen LogP contribution in [0.4, 0.5) is 0 Å². The number of ether oxygens (including phenoxy) is 2. The summed E-state index contributed by atoms with van der Waals surface area (Å²) in [5.74, 6) is 2.24. The van der Waals surface area contributed by atoms with Crippen LogP contribution in [0.2, 0.25) is 0 Å². The van der Waals surface area contributed by atoms with Crippen LogP contribution in [0.15, 0.2) is 15.6 Å². The van der Waals surface area contributed by atoms with E-state index in [1.807, 2.05) is 6.07 Å². The number of aliphatic imine (C=N–C) groups is 1. The van der Waals surface area contributed by atoms with E-state index in [0.717, 1.165) is 82.6 Å². The van der Waals surface area contributed by atoms with Crippen molar-refractivity contribution in [2.45, 2.75) is 46.1 Å². The van der Waals surface area contributed by atoms with Gasteiger partial charge in [0, 0.05) is 45.6 Å². The lowest BCUT2D eigenvalue weighted by molar-refractivity contribution is 0.0203. The highest BCUT2D eigenvalue weighted by Crippen LogP contribution is 2.14. The summed E-state index contributed by atoms with van der Waals surface area (Å²) in [6, 6.07) is 1.96. The number of hydrogen-bond acceptors (Lipinski definition) is 5. The third kappa shape index (κ3) is 9.18. The fraction of sp³-hybridized carbons (Fsp3) is 0.778. The molecule has 1 fully saturated rings. The van der Waals surface area contributed by atoms with Gasteiger partial charge in [-0.2, -0.15) is 0 Å². The van der Waals surface area contributed by atoms with Crippen LogP contribution in [0.5, 0.6) is 0 Å². The molecule has 1 aliphatic heterocycles. The third-order valence-corrected chi connectivity index (χ3v) is 4.16. The van der Waals surface area contributed by atoms with Gasteiger partial charge in [0.1, 0.15) is 6.54 Å². The topological polar surface area (TPSA) is 80.9 Å². The van der Waals surface area contributed by atoms with Crippen molar-refractivity contribution in [1.29, 1.82) is 0 Å². The van der Waals surface area contributed by atoms with Crippen molar-refractivity contribution < 1.29 is 14.0 Å². The molecule has 0 saturated carbocycles. The lowest BCUT2D eigenvalue weighted by atomic mass is 10.0. The van der Waals surface area contributed by atoms with Gasteiger partial charge in [-0.3, -0.25) is 0 Å². The highest BCUT2D eigenvalue weighted by Gasteiger charge is 2.13. The molecule has 0 unspecified atom stereocenters. The number of nitrogens with one attached hydrogen (secondary N) is 2. The minimum absolute atomic E-state index is 0. The lowest BCUT2D eigenvalue weighted by Gasteiger charge is -2.21. The zero-order valence-electron chi connectivity index (χ0n) is 16.0. The summed E-state index contributed by atoms with van der Waals surface area (Å²) in [4.78, 5) is 4.53. The van der Waals surface area contributed by atoms with Crippen LogP contribution in [-0.4, -0.2) is 50.6 Å². The molecule has 1 aliphatic rings. The first kappa shape index (κ1) is 23.2. The van der Waals surface area contributed by atoms with Gasteiger partial charge in [0.25, 0.3) is 0 Å². The molecule has 1 aromatic rings. The normalized spacial score (nSPS) is 15.5. The van der Waals surface area contributed by atoms with Crippen LogP contribution in [0.25, 0.3) is 0 Å². The maximum absolute atomic E-state index is 5.78. The predicted octanol–water partition coefficient (Wildman–Crippen LogP) is 2.74. The smallest absolute Gasteiger partial charge is 0.191 e. The summed E-state index contributed by atoms with van der Waals surface area (Å²) < 4.78 is 16.4. The van der Waals surface area contributed by atoms with E-state index in [9.17, 15) is 0 Å². The lowest BCUT2D eigenvalue weighted by Crippen LogP contribution is -2.38. The second kappa shape index (κ2) is 14.2. The monoisotopic (exact) mass is 480 g/mol. The Morgan fingerprint density at radius 3 is 2.81 bits per heavy atom. The summed E-state index contributed by atoms with van der Waals surface area (Å²) in [5, 5.41) is 10.5. The summed E-state index contributed by atoms with van der Waals surface area (Å²) in [5.41, 5.74) is 0.963. The van der Waals surface area contributed by atoms with Gasteiger partial charge in [0.05, 0.1) is 5.69 Å². The molecule has 8 heteroatoms. The summed E-state index contributed by atoms with van der Waals surface area (Å²) in [6.07, 6.45) is 4.07. The minimum Gasteiger partial charge on any atom is -0.381 e. The van der Waals surface area contributed by atoms with E-state index >= 15 is 0 Å². The van der Waals surface area contributed by atoms with E-state index in [0.29, 0.717) is 12.5 Å². The Kier molecular flexibility index (Phi) is 12.7. The molecule has 0 amide bonds. The standard InChI is InChI=1S/C18H32N4O3.HI/c1-3-16-12-17(25-22-16)13-21-18(19-4-2)20-8-5-9-24-14-15-6-10-23-11-7-15;/h12,15H,3-11,13-14H2,1-2H3,(H2,19,20,21);1H. The van der Waals surface area contributed by atoms with Crippen LogP contribution in [-0.2, 0) is 22.4 Å². The molecule has 2 rings (SSSR count). The van der Waals surface area contributed by atoms with Crippen molar-refractivity contribution in [3.05, 3.63) is 17.5 Å². The summed E-state index contributed by atoms with van der Waals surface area (Å²) >= 11 is 0. The van der Waals surface area contributed by atoms with Gasteiger partial charge >= 0.3 is 0 Å². The molecule has 0 atom stereocenters. The van der Waals surface area contributed by atoms with Crippen LogP contribution >= 0.6 is 24.0 Å². The van der Waals surface area contributed by atoms with Crippen molar-refractivity contribution in [2.75, 3.05) is 39.5 Å². The molecule has 0 aromatic carbocycles. The Morgan fingerprint density at radius 2 is 2.12 bits per heavy atom. The Morgan fingerprint density at radius 1 is 1.31 bits per heavy atom. The van der Waals surface area contributed by atoms with Crippen molar-refractivity contribution in [3.8, 4) is 0 Å².